The highest BCUT2D eigenvalue weighted by molar-refractivity contribution is 5.16. The van der Waals surface area contributed by atoms with Gasteiger partial charge in [-0.2, -0.15) is 0 Å². The Labute approximate surface area is 102 Å². The summed E-state index contributed by atoms with van der Waals surface area (Å²) in [5.41, 5.74) is 7.82. The molecule has 1 unspecified atom stereocenters. The van der Waals surface area contributed by atoms with Crippen LogP contribution in [0, 0.1) is 5.92 Å². The number of aliphatic hydroxyl groups is 1. The summed E-state index contributed by atoms with van der Waals surface area (Å²) in [6, 6.07) is 4.14. The Hall–Kier alpha value is -0.970. The first-order valence-electron chi connectivity index (χ1n) is 6.29. The standard InChI is InChI=1S/C13H21N3O/c14-8-13-7-12(1-4-15-13)10-16-5-2-11(9-16)3-6-17/h1,4,7,11,17H,2-3,5-6,8-10,14H2. The van der Waals surface area contributed by atoms with Gasteiger partial charge in [-0.05, 0) is 43.0 Å². The van der Waals surface area contributed by atoms with Crippen molar-refractivity contribution in [2.45, 2.75) is 25.9 Å². The van der Waals surface area contributed by atoms with Crippen LogP contribution in [-0.4, -0.2) is 34.7 Å². The first-order valence-corrected chi connectivity index (χ1v) is 6.29. The first-order chi connectivity index (χ1) is 8.31. The van der Waals surface area contributed by atoms with E-state index in [1.165, 1.54) is 12.0 Å². The quantitative estimate of drug-likeness (QED) is 0.790. The number of likely N-dealkylation sites (tertiary alicyclic amines) is 1. The van der Waals surface area contributed by atoms with Crippen LogP contribution in [0.2, 0.25) is 0 Å². The molecule has 1 aromatic heterocycles. The number of nitrogens with two attached hydrogens (primary N) is 1. The predicted octanol–water partition coefficient (Wildman–Crippen LogP) is 0.745. The maximum absolute atomic E-state index is 8.93. The fourth-order valence-electron chi connectivity index (χ4n) is 2.47. The van der Waals surface area contributed by atoms with E-state index in [-0.39, 0.29) is 0 Å². The van der Waals surface area contributed by atoms with Crippen molar-refractivity contribution < 1.29 is 5.11 Å². The lowest BCUT2D eigenvalue weighted by molar-refractivity contribution is 0.249. The number of nitrogens with zero attached hydrogens (tertiary/aromatic N) is 2. The lowest BCUT2D eigenvalue weighted by Gasteiger charge is -2.16. The van der Waals surface area contributed by atoms with Crippen molar-refractivity contribution in [3.8, 4) is 0 Å². The van der Waals surface area contributed by atoms with E-state index in [1.807, 2.05) is 6.20 Å². The van der Waals surface area contributed by atoms with Crippen LogP contribution in [0.4, 0.5) is 0 Å². The molecule has 1 fully saturated rings. The van der Waals surface area contributed by atoms with Gasteiger partial charge in [-0.25, -0.2) is 0 Å². The molecule has 94 valence electrons. The van der Waals surface area contributed by atoms with Gasteiger partial charge in [-0.1, -0.05) is 0 Å². The minimum atomic E-state index is 0.311. The zero-order valence-corrected chi connectivity index (χ0v) is 10.2. The second-order valence-corrected chi connectivity index (χ2v) is 4.76. The Morgan fingerprint density at radius 1 is 1.53 bits per heavy atom. The Morgan fingerprint density at radius 2 is 2.41 bits per heavy atom. The summed E-state index contributed by atoms with van der Waals surface area (Å²) in [6.07, 6.45) is 3.97. The summed E-state index contributed by atoms with van der Waals surface area (Å²) in [7, 11) is 0. The molecule has 1 aliphatic heterocycles. The Morgan fingerprint density at radius 3 is 3.18 bits per heavy atom. The van der Waals surface area contributed by atoms with Crippen LogP contribution in [0.25, 0.3) is 0 Å². The van der Waals surface area contributed by atoms with Crippen molar-refractivity contribution in [2.75, 3.05) is 19.7 Å². The first kappa shape index (κ1) is 12.5. The molecule has 1 aliphatic rings. The van der Waals surface area contributed by atoms with Crippen molar-refractivity contribution in [1.29, 1.82) is 0 Å². The third-order valence-corrected chi connectivity index (χ3v) is 3.40. The van der Waals surface area contributed by atoms with Crippen LogP contribution < -0.4 is 5.73 Å². The van der Waals surface area contributed by atoms with Gasteiger partial charge in [0.15, 0.2) is 0 Å². The van der Waals surface area contributed by atoms with E-state index in [0.717, 1.165) is 31.7 Å². The average molecular weight is 235 g/mol. The number of hydrogen-bond acceptors (Lipinski definition) is 4. The van der Waals surface area contributed by atoms with E-state index < -0.39 is 0 Å². The fraction of sp³-hybridized carbons (Fsp3) is 0.615. The molecule has 4 heteroatoms. The van der Waals surface area contributed by atoms with Crippen LogP contribution in [0.15, 0.2) is 18.3 Å². The van der Waals surface area contributed by atoms with Crippen LogP contribution in [-0.2, 0) is 13.1 Å². The number of aromatic nitrogens is 1. The van der Waals surface area contributed by atoms with Crippen LogP contribution in [0.5, 0.6) is 0 Å². The highest BCUT2D eigenvalue weighted by Crippen LogP contribution is 2.21. The zero-order chi connectivity index (χ0) is 12.1. The molecule has 0 bridgehead atoms. The Balaban J connectivity index is 1.88. The maximum atomic E-state index is 8.93. The van der Waals surface area contributed by atoms with Crippen molar-refractivity contribution in [2.24, 2.45) is 11.7 Å². The lowest BCUT2D eigenvalue weighted by Crippen LogP contribution is -2.20. The van der Waals surface area contributed by atoms with E-state index in [4.69, 9.17) is 10.8 Å². The summed E-state index contributed by atoms with van der Waals surface area (Å²) in [5.74, 6) is 0.663. The second-order valence-electron chi connectivity index (χ2n) is 4.76. The van der Waals surface area contributed by atoms with E-state index >= 15 is 0 Å². The third kappa shape index (κ3) is 3.49. The summed E-state index contributed by atoms with van der Waals surface area (Å²) in [5, 5.41) is 8.93. The van der Waals surface area contributed by atoms with Crippen LogP contribution >= 0.6 is 0 Å². The van der Waals surface area contributed by atoms with Gasteiger partial charge in [-0.15, -0.1) is 0 Å². The normalized spacial score (nSPS) is 20.9. The van der Waals surface area contributed by atoms with Gasteiger partial charge in [0.05, 0.1) is 5.69 Å². The average Bonchev–Trinajstić information content (AvgIpc) is 2.77. The number of hydrogen-bond donors (Lipinski definition) is 2. The monoisotopic (exact) mass is 235 g/mol. The van der Waals surface area contributed by atoms with E-state index in [9.17, 15) is 0 Å². The molecule has 1 aromatic rings. The van der Waals surface area contributed by atoms with Gasteiger partial charge in [0, 0.05) is 32.4 Å². The molecule has 17 heavy (non-hydrogen) atoms. The third-order valence-electron chi connectivity index (χ3n) is 3.40. The molecule has 2 rings (SSSR count). The van der Waals surface area contributed by atoms with Gasteiger partial charge in [0.25, 0.3) is 0 Å². The molecule has 0 amide bonds. The molecule has 2 heterocycles. The number of aliphatic hydroxyl groups excluding tert-OH is 1. The molecule has 3 N–H and O–H groups in total. The van der Waals surface area contributed by atoms with Gasteiger partial charge >= 0.3 is 0 Å². The number of rotatable bonds is 5. The molecular weight excluding hydrogens is 214 g/mol. The summed E-state index contributed by atoms with van der Waals surface area (Å²) >= 11 is 0. The molecule has 4 nitrogen and oxygen atoms in total. The summed E-state index contributed by atoms with van der Waals surface area (Å²) in [6.45, 7) is 4.01. The Bertz CT molecular complexity index is 356. The van der Waals surface area contributed by atoms with Gasteiger partial charge in [0.1, 0.15) is 0 Å². The highest BCUT2D eigenvalue weighted by atomic mass is 16.3. The SMILES string of the molecule is NCc1cc(CN2CCC(CCO)C2)ccn1. The van der Waals surface area contributed by atoms with Crippen LogP contribution in [0.3, 0.4) is 0 Å². The molecule has 1 atom stereocenters. The summed E-state index contributed by atoms with van der Waals surface area (Å²) in [4.78, 5) is 6.64. The molecule has 0 radical (unpaired) electrons. The van der Waals surface area contributed by atoms with Crippen molar-refractivity contribution in [1.82, 2.24) is 9.88 Å². The molecule has 0 aromatic carbocycles. The lowest BCUT2D eigenvalue weighted by atomic mass is 10.1. The fourth-order valence-corrected chi connectivity index (χ4v) is 2.47. The predicted molar refractivity (Wildman–Crippen MR) is 67.2 cm³/mol. The van der Waals surface area contributed by atoms with Gasteiger partial charge in [0.2, 0.25) is 0 Å². The highest BCUT2D eigenvalue weighted by Gasteiger charge is 2.21. The summed E-state index contributed by atoms with van der Waals surface area (Å²) < 4.78 is 0. The molecule has 1 saturated heterocycles. The van der Waals surface area contributed by atoms with Gasteiger partial charge in [-0.3, -0.25) is 9.88 Å². The Kier molecular flexibility index (Phi) is 4.48. The van der Waals surface area contributed by atoms with Gasteiger partial charge < -0.3 is 10.8 Å². The largest absolute Gasteiger partial charge is 0.396 e. The topological polar surface area (TPSA) is 62.4 Å². The molecular formula is C13H21N3O. The maximum Gasteiger partial charge on any atom is 0.0542 e. The van der Waals surface area contributed by atoms with E-state index in [1.54, 1.807) is 0 Å². The molecule has 0 aliphatic carbocycles. The second kappa shape index (κ2) is 6.10. The minimum absolute atomic E-state index is 0.311. The van der Waals surface area contributed by atoms with Crippen molar-refractivity contribution in [3.63, 3.8) is 0 Å². The molecule has 0 saturated carbocycles. The van der Waals surface area contributed by atoms with E-state index in [0.29, 0.717) is 19.1 Å². The molecule has 0 spiro atoms. The minimum Gasteiger partial charge on any atom is -0.396 e. The number of pyridine rings is 1. The van der Waals surface area contributed by atoms with Crippen molar-refractivity contribution >= 4 is 0 Å². The zero-order valence-electron chi connectivity index (χ0n) is 10.2. The van der Waals surface area contributed by atoms with Crippen LogP contribution in [0.1, 0.15) is 24.1 Å². The smallest absolute Gasteiger partial charge is 0.0542 e. The van der Waals surface area contributed by atoms with Crippen molar-refractivity contribution in [3.05, 3.63) is 29.6 Å². The van der Waals surface area contributed by atoms with E-state index in [2.05, 4.69) is 22.0 Å².